The highest BCUT2D eigenvalue weighted by Crippen LogP contribution is 2.40. The molecule has 23 heavy (non-hydrogen) atoms. The van der Waals surface area contributed by atoms with Crippen LogP contribution in [-0.4, -0.2) is 23.0 Å². The van der Waals surface area contributed by atoms with Crippen LogP contribution in [0.2, 0.25) is 0 Å². The summed E-state index contributed by atoms with van der Waals surface area (Å²) in [6.45, 7) is 18.0. The Balaban J connectivity index is 2.96. The molecule has 0 spiro atoms. The van der Waals surface area contributed by atoms with Gasteiger partial charge in [0.05, 0.1) is 0 Å². The third kappa shape index (κ3) is 3.08. The van der Waals surface area contributed by atoms with Crippen LogP contribution in [0.25, 0.3) is 11.1 Å². The maximum Gasteiger partial charge on any atom is 0.0454 e. The average molecular weight is 313 g/mol. The minimum Gasteiger partial charge on any atom is -0.372 e. The number of aromatic nitrogens is 1. The van der Waals surface area contributed by atoms with Crippen LogP contribution in [0.3, 0.4) is 0 Å². The molecule has 1 aliphatic heterocycles. The summed E-state index contributed by atoms with van der Waals surface area (Å²) in [4.78, 5) is 7.11. The summed E-state index contributed by atoms with van der Waals surface area (Å²) in [5.41, 5.74) is 9.43. The number of hydrogen-bond donors (Lipinski definition) is 0. The molecule has 0 N–H and O–H groups in total. The first-order valence-electron chi connectivity index (χ1n) is 8.79. The van der Waals surface area contributed by atoms with Gasteiger partial charge in [0, 0.05) is 36.2 Å². The monoisotopic (exact) mass is 312 g/mol. The minimum atomic E-state index is 0.393. The summed E-state index contributed by atoms with van der Waals surface area (Å²) in [5.74, 6) is 0.967. The standard InChI is InChI=1S/C21H32N2/c1-12(2)18-10-14(5)23(9)17(8)15(6)20-16(7)22-11-19(13(3)4)21(18)20/h10-14H,1-9H3/b17-15-,18-10-/t14-/m1/s1. The maximum absolute atomic E-state index is 4.73. The lowest BCUT2D eigenvalue weighted by Crippen LogP contribution is -2.28. The molecule has 2 rings (SSSR count). The van der Waals surface area contributed by atoms with E-state index in [1.165, 1.54) is 33.5 Å². The normalized spacial score (nSPS) is 24.4. The average Bonchev–Trinajstić information content (AvgIpc) is 2.48. The Morgan fingerprint density at radius 3 is 2.13 bits per heavy atom. The van der Waals surface area contributed by atoms with Gasteiger partial charge in [0.15, 0.2) is 0 Å². The van der Waals surface area contributed by atoms with Gasteiger partial charge < -0.3 is 4.90 Å². The zero-order valence-corrected chi connectivity index (χ0v) is 16.3. The second-order valence-electron chi connectivity index (χ2n) is 7.54. The quantitative estimate of drug-likeness (QED) is 0.702. The molecule has 0 fully saturated rings. The van der Waals surface area contributed by atoms with Crippen molar-refractivity contribution in [2.24, 2.45) is 5.92 Å². The van der Waals surface area contributed by atoms with Crippen LogP contribution >= 0.6 is 0 Å². The number of rotatable bonds is 2. The molecule has 0 aliphatic carbocycles. The number of aryl methyl sites for hydroxylation is 1. The van der Waals surface area contributed by atoms with E-state index in [9.17, 15) is 0 Å². The van der Waals surface area contributed by atoms with E-state index in [0.29, 0.717) is 17.9 Å². The van der Waals surface area contributed by atoms with Crippen molar-refractivity contribution in [1.82, 2.24) is 9.88 Å². The second kappa shape index (κ2) is 6.51. The summed E-state index contributed by atoms with van der Waals surface area (Å²) >= 11 is 0. The number of pyridine rings is 1. The number of allylic oxidation sites excluding steroid dienone is 3. The van der Waals surface area contributed by atoms with Gasteiger partial charge in [-0.2, -0.15) is 0 Å². The summed E-state index contributed by atoms with van der Waals surface area (Å²) < 4.78 is 0. The van der Waals surface area contributed by atoms with Crippen molar-refractivity contribution in [3.8, 4) is 0 Å². The number of hydrogen-bond acceptors (Lipinski definition) is 2. The molecule has 0 saturated carbocycles. The van der Waals surface area contributed by atoms with Crippen molar-refractivity contribution in [2.75, 3.05) is 7.05 Å². The predicted molar refractivity (Wildman–Crippen MR) is 101 cm³/mol. The van der Waals surface area contributed by atoms with E-state index in [4.69, 9.17) is 4.98 Å². The highest BCUT2D eigenvalue weighted by molar-refractivity contribution is 5.84. The molecular weight excluding hydrogens is 280 g/mol. The van der Waals surface area contributed by atoms with E-state index < -0.39 is 0 Å². The fourth-order valence-electron chi connectivity index (χ4n) is 3.52. The number of fused-ring (bicyclic) bond motifs is 1. The minimum absolute atomic E-state index is 0.393. The van der Waals surface area contributed by atoms with Crippen LogP contribution in [-0.2, 0) is 0 Å². The third-order valence-electron chi connectivity index (χ3n) is 5.31. The van der Waals surface area contributed by atoms with Crippen LogP contribution in [0.1, 0.15) is 76.8 Å². The van der Waals surface area contributed by atoms with E-state index in [1.807, 2.05) is 0 Å². The number of nitrogens with zero attached hydrogens (tertiary/aromatic N) is 2. The zero-order chi connectivity index (χ0) is 17.5. The fraction of sp³-hybridized carbons (Fsp3) is 0.571. The van der Waals surface area contributed by atoms with Crippen molar-refractivity contribution >= 4 is 11.1 Å². The van der Waals surface area contributed by atoms with Crippen LogP contribution < -0.4 is 0 Å². The summed E-state index contributed by atoms with van der Waals surface area (Å²) in [6.07, 6.45) is 4.54. The molecule has 0 radical (unpaired) electrons. The van der Waals surface area contributed by atoms with E-state index in [1.54, 1.807) is 0 Å². The van der Waals surface area contributed by atoms with E-state index in [2.05, 4.69) is 79.6 Å². The van der Waals surface area contributed by atoms with Crippen molar-refractivity contribution in [1.29, 1.82) is 0 Å². The highest BCUT2D eigenvalue weighted by Gasteiger charge is 2.25. The first kappa shape index (κ1) is 17.8. The largest absolute Gasteiger partial charge is 0.372 e. The fourth-order valence-corrected chi connectivity index (χ4v) is 3.52. The van der Waals surface area contributed by atoms with Crippen LogP contribution in [0.5, 0.6) is 0 Å². The van der Waals surface area contributed by atoms with Crippen LogP contribution in [0, 0.1) is 12.8 Å². The predicted octanol–water partition coefficient (Wildman–Crippen LogP) is 5.64. The van der Waals surface area contributed by atoms with Gasteiger partial charge in [-0.1, -0.05) is 33.8 Å². The van der Waals surface area contributed by atoms with Gasteiger partial charge in [-0.25, -0.2) is 0 Å². The van der Waals surface area contributed by atoms with Crippen LogP contribution in [0.15, 0.2) is 18.0 Å². The topological polar surface area (TPSA) is 16.1 Å². The van der Waals surface area contributed by atoms with Gasteiger partial charge in [-0.3, -0.25) is 4.98 Å². The van der Waals surface area contributed by atoms with E-state index in [-0.39, 0.29) is 0 Å². The van der Waals surface area contributed by atoms with Crippen molar-refractivity contribution in [3.05, 3.63) is 40.4 Å². The lowest BCUT2D eigenvalue weighted by molar-refractivity contribution is 0.374. The van der Waals surface area contributed by atoms with Gasteiger partial charge in [0.25, 0.3) is 0 Å². The molecule has 0 bridgehead atoms. The lowest BCUT2D eigenvalue weighted by atomic mass is 9.81. The van der Waals surface area contributed by atoms with Crippen molar-refractivity contribution in [2.45, 2.75) is 67.3 Å². The summed E-state index contributed by atoms with van der Waals surface area (Å²) in [6, 6.07) is 0.393. The summed E-state index contributed by atoms with van der Waals surface area (Å²) in [7, 11) is 2.19. The smallest absolute Gasteiger partial charge is 0.0454 e. The van der Waals surface area contributed by atoms with Crippen molar-refractivity contribution in [3.63, 3.8) is 0 Å². The molecule has 0 amide bonds. The maximum atomic E-state index is 4.73. The Morgan fingerprint density at radius 1 is 1.00 bits per heavy atom. The first-order valence-corrected chi connectivity index (χ1v) is 8.79. The molecule has 1 atom stereocenters. The Bertz CT molecular complexity index is 663. The molecule has 1 aromatic rings. The Morgan fingerprint density at radius 2 is 1.61 bits per heavy atom. The molecule has 2 heteroatoms. The van der Waals surface area contributed by atoms with Gasteiger partial charge in [0.1, 0.15) is 0 Å². The first-order chi connectivity index (χ1) is 10.7. The third-order valence-corrected chi connectivity index (χ3v) is 5.31. The Kier molecular flexibility index (Phi) is 5.03. The van der Waals surface area contributed by atoms with Gasteiger partial charge in [-0.15, -0.1) is 0 Å². The molecule has 0 saturated heterocycles. The molecule has 0 aromatic carbocycles. The van der Waals surface area contributed by atoms with Crippen LogP contribution in [0.4, 0.5) is 0 Å². The molecule has 0 unspecified atom stereocenters. The molecular formula is C21H32N2. The van der Waals surface area contributed by atoms with E-state index >= 15 is 0 Å². The highest BCUT2D eigenvalue weighted by atomic mass is 15.1. The van der Waals surface area contributed by atoms with E-state index in [0.717, 1.165) is 5.69 Å². The number of likely N-dealkylation sites (N-methyl/N-ethyl adjacent to an activating group) is 1. The van der Waals surface area contributed by atoms with Gasteiger partial charge >= 0.3 is 0 Å². The second-order valence-corrected chi connectivity index (χ2v) is 7.54. The molecule has 1 aliphatic rings. The van der Waals surface area contributed by atoms with Gasteiger partial charge in [-0.05, 0) is 61.8 Å². The van der Waals surface area contributed by atoms with Gasteiger partial charge in [0.2, 0.25) is 0 Å². The molecule has 1 aromatic heterocycles. The van der Waals surface area contributed by atoms with Crippen molar-refractivity contribution < 1.29 is 0 Å². The molecule has 2 nitrogen and oxygen atoms in total. The Hall–Kier alpha value is -1.57. The zero-order valence-electron chi connectivity index (χ0n) is 16.3. The molecule has 2 heterocycles. The summed E-state index contributed by atoms with van der Waals surface area (Å²) in [5, 5.41) is 0. The lowest BCUT2D eigenvalue weighted by Gasteiger charge is -2.33. The Labute approximate surface area is 142 Å². The molecule has 126 valence electrons. The SMILES string of the molecule is C/C1=C(\C)N(C)[C@H](C)/C=C(/C(C)C)c2c(C(C)C)cnc(C)c21.